The molecule has 2 N–H and O–H groups in total. The van der Waals surface area contributed by atoms with E-state index in [2.05, 4.69) is 28.8 Å². The van der Waals surface area contributed by atoms with Crippen LogP contribution in [0.25, 0.3) is 0 Å². The smallest absolute Gasteiger partial charge is 0.252 e. The summed E-state index contributed by atoms with van der Waals surface area (Å²) in [5.41, 5.74) is 0.598. The fraction of sp³-hybridized carbons (Fsp3) is 0.500. The van der Waals surface area contributed by atoms with E-state index in [4.69, 9.17) is 0 Å². The van der Waals surface area contributed by atoms with Gasteiger partial charge in [-0.25, -0.2) is 4.98 Å². The largest absolute Gasteiger partial charge is 0.373 e. The highest BCUT2D eigenvalue weighted by atomic mass is 32.2. The summed E-state index contributed by atoms with van der Waals surface area (Å²) in [6, 6.07) is 3.56. The lowest BCUT2D eigenvalue weighted by atomic mass is 10.2. The molecule has 0 bridgehead atoms. The van der Waals surface area contributed by atoms with E-state index in [0.29, 0.717) is 18.0 Å². The molecule has 0 fully saturated rings. The highest BCUT2D eigenvalue weighted by Crippen LogP contribution is 2.05. The van der Waals surface area contributed by atoms with Crippen molar-refractivity contribution in [1.29, 1.82) is 0 Å². The van der Waals surface area contributed by atoms with Crippen molar-refractivity contribution in [2.45, 2.75) is 6.92 Å². The molecule has 5 heteroatoms. The minimum atomic E-state index is -0.0619. The molecule has 1 unspecified atom stereocenters. The first-order chi connectivity index (χ1) is 8.17. The van der Waals surface area contributed by atoms with Gasteiger partial charge in [-0.2, -0.15) is 11.8 Å². The first kappa shape index (κ1) is 13.8. The minimum Gasteiger partial charge on any atom is -0.373 e. The Kier molecular flexibility index (Phi) is 5.83. The molecule has 1 rings (SSSR count). The van der Waals surface area contributed by atoms with Crippen LogP contribution in [0.4, 0.5) is 5.82 Å². The minimum absolute atomic E-state index is 0.0619. The Bertz CT molecular complexity index is 353. The molecule has 0 aliphatic carbocycles. The SMILES string of the molecule is CNc1ccc(C(=O)NCC(C)CSC)cn1. The van der Waals surface area contributed by atoms with Crippen molar-refractivity contribution in [2.75, 3.05) is 30.9 Å². The fourth-order valence-corrected chi connectivity index (χ4v) is 2.08. The summed E-state index contributed by atoms with van der Waals surface area (Å²) in [6.07, 6.45) is 3.65. The third-order valence-electron chi connectivity index (χ3n) is 2.34. The number of rotatable bonds is 6. The van der Waals surface area contributed by atoms with Crippen LogP contribution in [0.15, 0.2) is 18.3 Å². The number of amides is 1. The van der Waals surface area contributed by atoms with Crippen LogP contribution in [0.2, 0.25) is 0 Å². The molecule has 17 heavy (non-hydrogen) atoms. The standard InChI is InChI=1S/C12H19N3OS/c1-9(8-17-3)6-15-12(16)10-4-5-11(13-2)14-7-10/h4-5,7,9H,6,8H2,1-3H3,(H,13,14)(H,15,16). The predicted molar refractivity (Wildman–Crippen MR) is 73.7 cm³/mol. The molecule has 0 saturated carbocycles. The van der Waals surface area contributed by atoms with E-state index in [1.54, 1.807) is 37.1 Å². The van der Waals surface area contributed by atoms with Crippen molar-refractivity contribution >= 4 is 23.5 Å². The van der Waals surface area contributed by atoms with Gasteiger partial charge >= 0.3 is 0 Å². The van der Waals surface area contributed by atoms with Crippen LogP contribution in [0.5, 0.6) is 0 Å². The van der Waals surface area contributed by atoms with Crippen LogP contribution >= 0.6 is 11.8 Å². The van der Waals surface area contributed by atoms with Gasteiger partial charge in [0.1, 0.15) is 5.82 Å². The number of carbonyl (C=O) groups excluding carboxylic acids is 1. The van der Waals surface area contributed by atoms with Gasteiger partial charge in [0, 0.05) is 19.8 Å². The highest BCUT2D eigenvalue weighted by Gasteiger charge is 2.07. The molecular formula is C12H19N3OS. The summed E-state index contributed by atoms with van der Waals surface area (Å²) in [5.74, 6) is 2.24. The normalized spacial score (nSPS) is 11.9. The molecule has 0 saturated heterocycles. The Morgan fingerprint density at radius 3 is 2.82 bits per heavy atom. The molecular weight excluding hydrogens is 234 g/mol. The second-order valence-electron chi connectivity index (χ2n) is 3.95. The maximum absolute atomic E-state index is 11.8. The van der Waals surface area contributed by atoms with E-state index < -0.39 is 0 Å². The zero-order valence-corrected chi connectivity index (χ0v) is 11.3. The van der Waals surface area contributed by atoms with Crippen molar-refractivity contribution in [1.82, 2.24) is 10.3 Å². The average molecular weight is 253 g/mol. The van der Waals surface area contributed by atoms with Crippen LogP contribution in [0.1, 0.15) is 17.3 Å². The summed E-state index contributed by atoms with van der Waals surface area (Å²) in [6.45, 7) is 2.83. The Balaban J connectivity index is 2.46. The lowest BCUT2D eigenvalue weighted by molar-refractivity contribution is 0.0949. The first-order valence-corrected chi connectivity index (χ1v) is 6.97. The number of pyridine rings is 1. The van der Waals surface area contributed by atoms with Crippen molar-refractivity contribution in [3.63, 3.8) is 0 Å². The zero-order valence-electron chi connectivity index (χ0n) is 10.5. The van der Waals surface area contributed by atoms with Crippen LogP contribution in [-0.4, -0.2) is 36.5 Å². The molecule has 1 aromatic heterocycles. The molecule has 0 spiro atoms. The van der Waals surface area contributed by atoms with Gasteiger partial charge in [-0.05, 0) is 30.1 Å². The van der Waals surface area contributed by atoms with E-state index in [9.17, 15) is 4.79 Å². The number of carbonyl (C=O) groups is 1. The molecule has 94 valence electrons. The fourth-order valence-electron chi connectivity index (χ4n) is 1.39. The van der Waals surface area contributed by atoms with Gasteiger partial charge in [0.15, 0.2) is 0 Å². The van der Waals surface area contributed by atoms with Gasteiger partial charge in [0.05, 0.1) is 5.56 Å². The molecule has 0 aliphatic rings. The molecule has 1 atom stereocenters. The second-order valence-corrected chi connectivity index (χ2v) is 4.86. The quantitative estimate of drug-likeness (QED) is 0.812. The third-order valence-corrected chi connectivity index (χ3v) is 3.25. The van der Waals surface area contributed by atoms with Crippen molar-refractivity contribution < 1.29 is 4.79 Å². The van der Waals surface area contributed by atoms with Gasteiger partial charge in [0.2, 0.25) is 0 Å². The number of hydrogen-bond donors (Lipinski definition) is 2. The molecule has 1 aromatic rings. The summed E-state index contributed by atoms with van der Waals surface area (Å²) < 4.78 is 0. The van der Waals surface area contributed by atoms with Crippen LogP contribution in [0, 0.1) is 5.92 Å². The Labute approximate surface area is 107 Å². The van der Waals surface area contributed by atoms with E-state index >= 15 is 0 Å². The summed E-state index contributed by atoms with van der Waals surface area (Å²) in [5, 5.41) is 5.82. The summed E-state index contributed by atoms with van der Waals surface area (Å²) in [4.78, 5) is 15.9. The highest BCUT2D eigenvalue weighted by molar-refractivity contribution is 7.98. The zero-order chi connectivity index (χ0) is 12.7. The van der Waals surface area contributed by atoms with E-state index in [1.165, 1.54) is 0 Å². The van der Waals surface area contributed by atoms with E-state index in [0.717, 1.165) is 11.6 Å². The maximum Gasteiger partial charge on any atom is 0.252 e. The Hall–Kier alpha value is -1.23. The number of aromatic nitrogens is 1. The molecule has 1 amide bonds. The van der Waals surface area contributed by atoms with Gasteiger partial charge < -0.3 is 10.6 Å². The molecule has 0 aliphatic heterocycles. The number of nitrogens with one attached hydrogen (secondary N) is 2. The van der Waals surface area contributed by atoms with Gasteiger partial charge in [0.25, 0.3) is 5.91 Å². The van der Waals surface area contributed by atoms with Crippen LogP contribution in [0.3, 0.4) is 0 Å². The molecule has 4 nitrogen and oxygen atoms in total. The van der Waals surface area contributed by atoms with Crippen LogP contribution in [-0.2, 0) is 0 Å². The predicted octanol–water partition coefficient (Wildman–Crippen LogP) is 1.85. The molecule has 0 radical (unpaired) electrons. The van der Waals surface area contributed by atoms with Gasteiger partial charge in [-0.1, -0.05) is 6.92 Å². The van der Waals surface area contributed by atoms with Crippen molar-refractivity contribution in [3.05, 3.63) is 23.9 Å². The number of anilines is 1. The third kappa shape index (κ3) is 4.65. The molecule has 0 aromatic carbocycles. The monoisotopic (exact) mass is 253 g/mol. The van der Waals surface area contributed by atoms with Crippen LogP contribution < -0.4 is 10.6 Å². The molecule has 1 heterocycles. The van der Waals surface area contributed by atoms with Gasteiger partial charge in [-0.3, -0.25) is 4.79 Å². The number of nitrogens with zero attached hydrogens (tertiary/aromatic N) is 1. The van der Waals surface area contributed by atoms with E-state index in [1.807, 2.05) is 0 Å². The Morgan fingerprint density at radius 1 is 1.53 bits per heavy atom. The lowest BCUT2D eigenvalue weighted by Gasteiger charge is -2.11. The second kappa shape index (κ2) is 7.17. The topological polar surface area (TPSA) is 54.0 Å². The van der Waals surface area contributed by atoms with Gasteiger partial charge in [-0.15, -0.1) is 0 Å². The number of thioether (sulfide) groups is 1. The first-order valence-electron chi connectivity index (χ1n) is 5.58. The summed E-state index contributed by atoms with van der Waals surface area (Å²) in [7, 11) is 1.80. The summed E-state index contributed by atoms with van der Waals surface area (Å²) >= 11 is 1.79. The average Bonchev–Trinajstić information content (AvgIpc) is 2.36. The Morgan fingerprint density at radius 2 is 2.29 bits per heavy atom. The van der Waals surface area contributed by atoms with Crippen molar-refractivity contribution in [2.24, 2.45) is 5.92 Å². The lowest BCUT2D eigenvalue weighted by Crippen LogP contribution is -2.29. The van der Waals surface area contributed by atoms with E-state index in [-0.39, 0.29) is 5.91 Å². The number of hydrogen-bond acceptors (Lipinski definition) is 4. The maximum atomic E-state index is 11.8. The van der Waals surface area contributed by atoms with Crippen molar-refractivity contribution in [3.8, 4) is 0 Å².